The van der Waals surface area contributed by atoms with E-state index < -0.39 is 6.10 Å². The second-order valence-electron chi connectivity index (χ2n) is 2.20. The van der Waals surface area contributed by atoms with Crippen LogP contribution in [-0.2, 0) is 5.11 Å². The minimum atomic E-state index is -0.515. The molecule has 0 aromatic carbocycles. The van der Waals surface area contributed by atoms with E-state index in [9.17, 15) is 5.11 Å². The fourth-order valence-electron chi connectivity index (χ4n) is 0.951. The molecule has 1 saturated carbocycles. The lowest BCUT2D eigenvalue weighted by Crippen LogP contribution is -2.20. The van der Waals surface area contributed by atoms with E-state index in [1.807, 2.05) is 0 Å². The van der Waals surface area contributed by atoms with Crippen LogP contribution in [0.5, 0.6) is 0 Å². The fraction of sp³-hybridized carbons (Fsp3) is 0.833. The van der Waals surface area contributed by atoms with Crippen molar-refractivity contribution in [1.29, 1.82) is 0 Å². The molecule has 0 bridgehead atoms. The molecule has 0 saturated heterocycles. The van der Waals surface area contributed by atoms with Crippen molar-refractivity contribution in [3.05, 3.63) is 0 Å². The standard InChI is InChI=1S/C6H9OS/c7-5-3-1-2-4-6(5)8/h5H,1-4H2. The fourth-order valence-corrected chi connectivity index (χ4v) is 1.21. The highest BCUT2D eigenvalue weighted by Gasteiger charge is 2.16. The van der Waals surface area contributed by atoms with Gasteiger partial charge in [0.05, 0.1) is 0 Å². The van der Waals surface area contributed by atoms with E-state index in [2.05, 4.69) is 0 Å². The molecule has 1 fully saturated rings. The summed E-state index contributed by atoms with van der Waals surface area (Å²) in [5.74, 6) is 0. The predicted molar refractivity (Wildman–Crippen MR) is 35.5 cm³/mol. The Morgan fingerprint density at radius 3 is 2.62 bits per heavy atom. The van der Waals surface area contributed by atoms with Crippen LogP contribution in [0.2, 0.25) is 0 Å². The zero-order valence-electron chi connectivity index (χ0n) is 4.72. The molecule has 8 heavy (non-hydrogen) atoms. The van der Waals surface area contributed by atoms with Gasteiger partial charge in [-0.05, 0) is 19.3 Å². The molecule has 0 aromatic heterocycles. The molecular formula is C6H9OS. The zero-order valence-corrected chi connectivity index (χ0v) is 5.54. The maximum atomic E-state index is 10.7. The van der Waals surface area contributed by atoms with Gasteiger partial charge in [-0.3, -0.25) is 0 Å². The van der Waals surface area contributed by atoms with Gasteiger partial charge in [0.15, 0.2) is 0 Å². The van der Waals surface area contributed by atoms with Crippen molar-refractivity contribution in [2.45, 2.75) is 31.8 Å². The molecule has 0 heterocycles. The van der Waals surface area contributed by atoms with Crippen LogP contribution in [0, 0.1) is 0 Å². The Labute approximate surface area is 54.7 Å². The highest BCUT2D eigenvalue weighted by molar-refractivity contribution is 7.80. The van der Waals surface area contributed by atoms with Crippen molar-refractivity contribution in [3.8, 4) is 0 Å². The molecule has 0 N–H and O–H groups in total. The minimum absolute atomic E-state index is 0.515. The van der Waals surface area contributed by atoms with Crippen LogP contribution in [0.15, 0.2) is 0 Å². The Bertz CT molecular complexity index is 101. The van der Waals surface area contributed by atoms with Crippen LogP contribution in [0.1, 0.15) is 25.7 Å². The first-order chi connectivity index (χ1) is 3.80. The second kappa shape index (κ2) is 2.55. The maximum absolute atomic E-state index is 10.7. The molecule has 45 valence electrons. The van der Waals surface area contributed by atoms with Gasteiger partial charge in [-0.25, -0.2) is 5.11 Å². The summed E-state index contributed by atoms with van der Waals surface area (Å²) in [5.41, 5.74) is 0. The summed E-state index contributed by atoms with van der Waals surface area (Å²) >= 11 is 4.82. The molecule has 0 spiro atoms. The van der Waals surface area contributed by atoms with Crippen molar-refractivity contribution in [3.63, 3.8) is 0 Å². The van der Waals surface area contributed by atoms with Gasteiger partial charge in [-0.2, -0.15) is 0 Å². The smallest absolute Gasteiger partial charge is 0.124 e. The molecule has 0 aromatic rings. The Morgan fingerprint density at radius 2 is 2.25 bits per heavy atom. The van der Waals surface area contributed by atoms with Gasteiger partial charge in [0.1, 0.15) is 6.10 Å². The molecule has 0 amide bonds. The molecule has 1 aliphatic rings. The molecule has 1 unspecified atom stereocenters. The summed E-state index contributed by atoms with van der Waals surface area (Å²) in [7, 11) is 0. The van der Waals surface area contributed by atoms with E-state index in [4.69, 9.17) is 12.2 Å². The third-order valence-corrected chi connectivity index (χ3v) is 1.97. The van der Waals surface area contributed by atoms with Crippen LogP contribution in [0.4, 0.5) is 0 Å². The predicted octanol–water partition coefficient (Wildman–Crippen LogP) is 1.73. The normalized spacial score (nSPS) is 30.6. The van der Waals surface area contributed by atoms with Gasteiger partial charge >= 0.3 is 0 Å². The average Bonchev–Trinajstić information content (AvgIpc) is 1.77. The molecule has 2 heteroatoms. The molecule has 0 aliphatic heterocycles. The summed E-state index contributed by atoms with van der Waals surface area (Å²) in [5, 5.41) is 10.7. The van der Waals surface area contributed by atoms with Gasteiger partial charge in [0.25, 0.3) is 0 Å². The van der Waals surface area contributed by atoms with Crippen molar-refractivity contribution >= 4 is 17.1 Å². The monoisotopic (exact) mass is 129 g/mol. The van der Waals surface area contributed by atoms with Gasteiger partial charge in [0.2, 0.25) is 0 Å². The number of hydrogen-bond acceptors (Lipinski definition) is 1. The van der Waals surface area contributed by atoms with E-state index in [1.54, 1.807) is 0 Å². The minimum Gasteiger partial charge on any atom is -0.227 e. The lowest BCUT2D eigenvalue weighted by Gasteiger charge is -2.14. The van der Waals surface area contributed by atoms with Crippen molar-refractivity contribution in [2.24, 2.45) is 0 Å². The van der Waals surface area contributed by atoms with E-state index in [0.29, 0.717) is 0 Å². The molecule has 1 nitrogen and oxygen atoms in total. The Kier molecular flexibility index (Phi) is 1.97. The first-order valence-electron chi connectivity index (χ1n) is 2.99. The van der Waals surface area contributed by atoms with E-state index >= 15 is 0 Å². The number of hydrogen-bond donors (Lipinski definition) is 0. The number of rotatable bonds is 0. The van der Waals surface area contributed by atoms with Gasteiger partial charge < -0.3 is 0 Å². The molecular weight excluding hydrogens is 120 g/mol. The summed E-state index contributed by atoms with van der Waals surface area (Å²) in [4.78, 5) is 0.747. The van der Waals surface area contributed by atoms with Gasteiger partial charge in [-0.15, -0.1) is 0 Å². The second-order valence-corrected chi connectivity index (χ2v) is 2.73. The Hall–Kier alpha value is 0.0500. The first-order valence-corrected chi connectivity index (χ1v) is 3.40. The largest absolute Gasteiger partial charge is 0.227 e. The van der Waals surface area contributed by atoms with Crippen molar-refractivity contribution in [2.75, 3.05) is 0 Å². The quantitative estimate of drug-likeness (QED) is 0.456. The van der Waals surface area contributed by atoms with Crippen LogP contribution < -0.4 is 0 Å². The number of thiocarbonyl (C=S) groups is 1. The topological polar surface area (TPSA) is 19.9 Å². The van der Waals surface area contributed by atoms with Crippen molar-refractivity contribution in [1.82, 2.24) is 0 Å². The Morgan fingerprint density at radius 1 is 1.50 bits per heavy atom. The lowest BCUT2D eigenvalue weighted by molar-refractivity contribution is 0.129. The SMILES string of the molecule is [O]C1CCCCC1=S. The summed E-state index contributed by atoms with van der Waals surface area (Å²) in [6.45, 7) is 0. The molecule has 1 aliphatic carbocycles. The van der Waals surface area contributed by atoms with Gasteiger partial charge in [0, 0.05) is 4.86 Å². The summed E-state index contributed by atoms with van der Waals surface area (Å²) < 4.78 is 0. The highest BCUT2D eigenvalue weighted by Crippen LogP contribution is 2.15. The lowest BCUT2D eigenvalue weighted by atomic mass is 9.98. The van der Waals surface area contributed by atoms with E-state index in [0.717, 1.165) is 30.5 Å². The van der Waals surface area contributed by atoms with Crippen LogP contribution in [-0.4, -0.2) is 11.0 Å². The third kappa shape index (κ3) is 1.26. The van der Waals surface area contributed by atoms with E-state index in [-0.39, 0.29) is 0 Å². The van der Waals surface area contributed by atoms with E-state index in [1.165, 1.54) is 0 Å². The highest BCUT2D eigenvalue weighted by atomic mass is 32.1. The summed E-state index contributed by atoms with van der Waals surface area (Å²) in [6, 6.07) is 0. The molecule has 1 rings (SSSR count). The van der Waals surface area contributed by atoms with Crippen LogP contribution in [0.3, 0.4) is 0 Å². The van der Waals surface area contributed by atoms with Crippen molar-refractivity contribution < 1.29 is 5.11 Å². The van der Waals surface area contributed by atoms with Gasteiger partial charge in [-0.1, -0.05) is 18.6 Å². The Balaban J connectivity index is 2.39. The summed E-state index contributed by atoms with van der Waals surface area (Å²) in [6.07, 6.45) is 3.37. The third-order valence-electron chi connectivity index (χ3n) is 1.50. The van der Waals surface area contributed by atoms with Crippen LogP contribution in [0.25, 0.3) is 0 Å². The molecule has 1 atom stereocenters. The first kappa shape index (κ1) is 6.17. The molecule has 1 radical (unpaired) electrons. The zero-order chi connectivity index (χ0) is 5.98. The average molecular weight is 129 g/mol. The van der Waals surface area contributed by atoms with Crippen LogP contribution >= 0.6 is 12.2 Å². The maximum Gasteiger partial charge on any atom is 0.124 e.